The number of esters is 1. The molecule has 0 aliphatic rings. The van der Waals surface area contributed by atoms with Gasteiger partial charge in [-0.2, -0.15) is 0 Å². The van der Waals surface area contributed by atoms with Crippen LogP contribution in [0.4, 0.5) is 5.82 Å². The predicted octanol–water partition coefficient (Wildman–Crippen LogP) is 4.43. The second-order valence-corrected chi connectivity index (χ2v) is 6.32. The third-order valence-corrected chi connectivity index (χ3v) is 4.21. The first kappa shape index (κ1) is 17.9. The molecule has 0 unspecified atom stereocenters. The molecule has 0 fully saturated rings. The van der Waals surface area contributed by atoms with Gasteiger partial charge in [-0.3, -0.25) is 0 Å². The summed E-state index contributed by atoms with van der Waals surface area (Å²) in [5, 5.41) is 3.24. The quantitative estimate of drug-likeness (QED) is 0.667. The SMILES string of the molecule is CCCOC(=O)c1nc2cc(C)c(C)cc2nc1NCc1ccccc1. The van der Waals surface area contributed by atoms with E-state index in [0.29, 0.717) is 24.5 Å². The number of fused-ring (bicyclic) bond motifs is 1. The fourth-order valence-electron chi connectivity index (χ4n) is 2.62. The molecule has 0 bridgehead atoms. The van der Waals surface area contributed by atoms with Crippen LogP contribution in [0.3, 0.4) is 0 Å². The topological polar surface area (TPSA) is 64.1 Å². The highest BCUT2D eigenvalue weighted by molar-refractivity contribution is 5.95. The summed E-state index contributed by atoms with van der Waals surface area (Å²) in [4.78, 5) is 21.7. The molecule has 1 aromatic heterocycles. The molecule has 5 nitrogen and oxygen atoms in total. The number of aryl methyl sites for hydroxylation is 2. The Hall–Kier alpha value is -2.95. The van der Waals surface area contributed by atoms with Gasteiger partial charge in [0.25, 0.3) is 0 Å². The smallest absolute Gasteiger partial charge is 0.360 e. The Bertz CT molecular complexity index is 923. The molecular weight excluding hydrogens is 326 g/mol. The van der Waals surface area contributed by atoms with Crippen LogP contribution in [0.25, 0.3) is 11.0 Å². The molecule has 3 aromatic rings. The zero-order valence-electron chi connectivity index (χ0n) is 15.4. The van der Waals surface area contributed by atoms with Gasteiger partial charge in [-0.25, -0.2) is 14.8 Å². The second-order valence-electron chi connectivity index (χ2n) is 6.32. The van der Waals surface area contributed by atoms with E-state index in [2.05, 4.69) is 15.3 Å². The van der Waals surface area contributed by atoms with Crippen molar-refractivity contribution >= 4 is 22.8 Å². The lowest BCUT2D eigenvalue weighted by molar-refractivity contribution is 0.0499. The van der Waals surface area contributed by atoms with Gasteiger partial charge in [0.2, 0.25) is 0 Å². The van der Waals surface area contributed by atoms with E-state index in [1.54, 1.807) is 0 Å². The van der Waals surface area contributed by atoms with Gasteiger partial charge in [-0.15, -0.1) is 0 Å². The Morgan fingerprint density at radius 1 is 1.04 bits per heavy atom. The molecule has 0 saturated heterocycles. The summed E-state index contributed by atoms with van der Waals surface area (Å²) in [5.74, 6) is 0.000693. The molecule has 3 rings (SSSR count). The molecule has 0 radical (unpaired) electrons. The first-order chi connectivity index (χ1) is 12.6. The van der Waals surface area contributed by atoms with E-state index in [4.69, 9.17) is 4.74 Å². The molecule has 2 aromatic carbocycles. The summed E-state index contributed by atoms with van der Waals surface area (Å²) in [6.45, 7) is 6.94. The zero-order chi connectivity index (χ0) is 18.5. The largest absolute Gasteiger partial charge is 0.461 e. The van der Waals surface area contributed by atoms with Crippen molar-refractivity contribution in [1.29, 1.82) is 0 Å². The summed E-state index contributed by atoms with van der Waals surface area (Å²) >= 11 is 0. The fraction of sp³-hybridized carbons (Fsp3) is 0.286. The molecule has 5 heteroatoms. The first-order valence-electron chi connectivity index (χ1n) is 8.82. The van der Waals surface area contributed by atoms with Crippen molar-refractivity contribution in [1.82, 2.24) is 9.97 Å². The van der Waals surface area contributed by atoms with Gasteiger partial charge in [0, 0.05) is 6.54 Å². The Labute approximate surface area is 153 Å². The lowest BCUT2D eigenvalue weighted by Crippen LogP contribution is -2.14. The standard InChI is InChI=1S/C21H23N3O2/c1-4-10-26-21(25)19-20(22-13-16-8-6-5-7-9-16)24-18-12-15(3)14(2)11-17(18)23-19/h5-9,11-12H,4,10,13H2,1-3H3,(H,22,24). The molecule has 1 N–H and O–H groups in total. The maximum atomic E-state index is 12.5. The maximum absolute atomic E-state index is 12.5. The molecule has 1 heterocycles. The molecular formula is C21H23N3O2. The average molecular weight is 349 g/mol. The Kier molecular flexibility index (Phi) is 5.46. The van der Waals surface area contributed by atoms with Gasteiger partial charge in [0.05, 0.1) is 17.6 Å². The van der Waals surface area contributed by atoms with Crippen molar-refractivity contribution in [2.75, 3.05) is 11.9 Å². The lowest BCUT2D eigenvalue weighted by atomic mass is 10.1. The lowest BCUT2D eigenvalue weighted by Gasteiger charge is -2.12. The third-order valence-electron chi connectivity index (χ3n) is 4.21. The van der Waals surface area contributed by atoms with Crippen LogP contribution in [-0.4, -0.2) is 22.5 Å². The minimum absolute atomic E-state index is 0.227. The highest BCUT2D eigenvalue weighted by atomic mass is 16.5. The van der Waals surface area contributed by atoms with Gasteiger partial charge in [-0.05, 0) is 49.1 Å². The van der Waals surface area contributed by atoms with Crippen molar-refractivity contribution < 1.29 is 9.53 Å². The molecule has 0 amide bonds. The third kappa shape index (κ3) is 3.99. The first-order valence-corrected chi connectivity index (χ1v) is 8.82. The number of ether oxygens (including phenoxy) is 1. The van der Waals surface area contributed by atoms with E-state index in [-0.39, 0.29) is 5.69 Å². The summed E-state index contributed by atoms with van der Waals surface area (Å²) in [6.07, 6.45) is 0.762. The molecule has 134 valence electrons. The van der Waals surface area contributed by atoms with Crippen molar-refractivity contribution in [2.24, 2.45) is 0 Å². The summed E-state index contributed by atoms with van der Waals surface area (Å²) in [7, 11) is 0. The molecule has 0 spiro atoms. The molecule has 0 aliphatic carbocycles. The molecule has 0 aliphatic heterocycles. The van der Waals surface area contributed by atoms with Gasteiger partial charge in [0.15, 0.2) is 11.5 Å². The summed E-state index contributed by atoms with van der Waals surface area (Å²) < 4.78 is 5.29. The van der Waals surface area contributed by atoms with E-state index in [9.17, 15) is 4.79 Å². The molecule has 0 atom stereocenters. The number of rotatable bonds is 6. The fourth-order valence-corrected chi connectivity index (χ4v) is 2.62. The van der Waals surface area contributed by atoms with Crippen LogP contribution in [0, 0.1) is 13.8 Å². The van der Waals surface area contributed by atoms with Gasteiger partial charge < -0.3 is 10.1 Å². The van der Waals surface area contributed by atoms with Crippen LogP contribution in [0.1, 0.15) is 40.5 Å². The Morgan fingerprint density at radius 2 is 1.69 bits per heavy atom. The number of nitrogens with zero attached hydrogens (tertiary/aromatic N) is 2. The number of anilines is 1. The van der Waals surface area contributed by atoms with E-state index in [1.165, 1.54) is 0 Å². The second kappa shape index (κ2) is 7.95. The summed E-state index contributed by atoms with van der Waals surface area (Å²) in [6, 6.07) is 13.9. The Balaban J connectivity index is 1.99. The highest BCUT2D eigenvalue weighted by Gasteiger charge is 2.18. The van der Waals surface area contributed by atoms with Gasteiger partial charge in [-0.1, -0.05) is 37.3 Å². The minimum atomic E-state index is -0.449. The number of hydrogen-bond acceptors (Lipinski definition) is 5. The van der Waals surface area contributed by atoms with Gasteiger partial charge in [0.1, 0.15) is 0 Å². The normalized spacial score (nSPS) is 10.7. The maximum Gasteiger partial charge on any atom is 0.360 e. The molecule has 0 saturated carbocycles. The van der Waals surface area contributed by atoms with Crippen LogP contribution in [0.15, 0.2) is 42.5 Å². The number of carbonyl (C=O) groups is 1. The van der Waals surface area contributed by atoms with E-state index in [1.807, 2.05) is 63.2 Å². The van der Waals surface area contributed by atoms with Gasteiger partial charge >= 0.3 is 5.97 Å². The van der Waals surface area contributed by atoms with Crippen LogP contribution >= 0.6 is 0 Å². The number of benzene rings is 2. The minimum Gasteiger partial charge on any atom is -0.461 e. The zero-order valence-corrected chi connectivity index (χ0v) is 15.4. The van der Waals surface area contributed by atoms with Crippen molar-refractivity contribution in [3.63, 3.8) is 0 Å². The van der Waals surface area contributed by atoms with Crippen molar-refractivity contribution in [3.8, 4) is 0 Å². The summed E-state index contributed by atoms with van der Waals surface area (Å²) in [5.41, 5.74) is 5.04. The van der Waals surface area contributed by atoms with Crippen molar-refractivity contribution in [2.45, 2.75) is 33.7 Å². The Morgan fingerprint density at radius 3 is 2.35 bits per heavy atom. The van der Waals surface area contributed by atoms with Crippen molar-refractivity contribution in [3.05, 3.63) is 64.8 Å². The predicted molar refractivity (Wildman–Crippen MR) is 103 cm³/mol. The monoisotopic (exact) mass is 349 g/mol. The van der Waals surface area contributed by atoms with E-state index < -0.39 is 5.97 Å². The van der Waals surface area contributed by atoms with E-state index >= 15 is 0 Å². The number of nitrogens with one attached hydrogen (secondary N) is 1. The van der Waals surface area contributed by atoms with E-state index in [0.717, 1.165) is 28.6 Å². The number of hydrogen-bond donors (Lipinski definition) is 1. The number of carbonyl (C=O) groups excluding carboxylic acids is 1. The average Bonchev–Trinajstić information content (AvgIpc) is 2.65. The molecule has 26 heavy (non-hydrogen) atoms. The van der Waals surface area contributed by atoms with Crippen LogP contribution < -0.4 is 5.32 Å². The highest BCUT2D eigenvalue weighted by Crippen LogP contribution is 2.22. The number of aromatic nitrogens is 2. The van der Waals surface area contributed by atoms with Crippen LogP contribution in [0.5, 0.6) is 0 Å². The van der Waals surface area contributed by atoms with Crippen LogP contribution in [0.2, 0.25) is 0 Å². The van der Waals surface area contributed by atoms with Crippen LogP contribution in [-0.2, 0) is 11.3 Å².